The molecule has 0 spiro atoms. The molecule has 0 fully saturated rings. The first kappa shape index (κ1) is 23.1. The van der Waals surface area contributed by atoms with Crippen LogP contribution in [-0.2, 0) is 14.1 Å². The number of hydrogen-bond donors (Lipinski definition) is 3. The molecule has 0 aliphatic rings. The minimum absolute atomic E-state index is 0.00134. The predicted octanol–water partition coefficient (Wildman–Crippen LogP) is 2.08. The third-order valence-electron chi connectivity index (χ3n) is 5.31. The van der Waals surface area contributed by atoms with Crippen molar-refractivity contribution in [1.29, 1.82) is 0 Å². The Morgan fingerprint density at radius 3 is 2.10 bits per heavy atom. The van der Waals surface area contributed by atoms with E-state index in [0.29, 0.717) is 0 Å². The summed E-state index contributed by atoms with van der Waals surface area (Å²) >= 11 is 0. The fraction of sp³-hybridized carbons (Fsp3) is 0.476. The zero-order valence-corrected chi connectivity index (χ0v) is 18.8. The first-order chi connectivity index (χ1) is 13.8. The molecule has 0 aliphatic heterocycles. The molecule has 2 aromatic rings. The normalized spacial score (nSPS) is 12.4. The van der Waals surface area contributed by atoms with E-state index < -0.39 is 11.1 Å². The van der Waals surface area contributed by atoms with Crippen molar-refractivity contribution in [2.45, 2.75) is 33.7 Å². The van der Waals surface area contributed by atoms with Crippen molar-refractivity contribution in [2.24, 2.45) is 19.5 Å². The van der Waals surface area contributed by atoms with E-state index in [2.05, 4.69) is 10.6 Å². The second-order valence-electron chi connectivity index (χ2n) is 8.67. The van der Waals surface area contributed by atoms with Crippen LogP contribution in [0.15, 0.2) is 27.8 Å². The summed E-state index contributed by atoms with van der Waals surface area (Å²) in [5.74, 6) is -0.679. The van der Waals surface area contributed by atoms with E-state index in [4.69, 9.17) is 0 Å². The third kappa shape index (κ3) is 4.34. The van der Waals surface area contributed by atoms with E-state index >= 15 is 0 Å². The third-order valence-corrected chi connectivity index (χ3v) is 5.31. The molecule has 1 unspecified atom stereocenters. The Labute approximate surface area is 175 Å². The van der Waals surface area contributed by atoms with Crippen LogP contribution in [0.25, 0.3) is 0 Å². The van der Waals surface area contributed by atoms with E-state index in [0.717, 1.165) is 0 Å². The number of carbonyl (C=O) groups is 1. The lowest BCUT2D eigenvalue weighted by Crippen LogP contribution is -2.41. The highest BCUT2D eigenvalue weighted by Gasteiger charge is 2.25. The summed E-state index contributed by atoms with van der Waals surface area (Å²) in [5, 5.41) is 16.7. The number of aromatic nitrogens is 2. The molecule has 1 atom stereocenters. The molecule has 0 radical (unpaired) electrons. The van der Waals surface area contributed by atoms with Gasteiger partial charge in [0, 0.05) is 34.2 Å². The number of benzene rings is 1. The van der Waals surface area contributed by atoms with Gasteiger partial charge in [0.1, 0.15) is 11.4 Å². The summed E-state index contributed by atoms with van der Waals surface area (Å²) in [4.78, 5) is 39.6. The molecule has 9 nitrogen and oxygen atoms in total. The summed E-state index contributed by atoms with van der Waals surface area (Å²) in [7, 11) is 6.15. The van der Waals surface area contributed by atoms with E-state index in [1.54, 1.807) is 20.2 Å². The minimum Gasteiger partial charge on any atom is -0.505 e. The molecule has 1 aromatic heterocycles. The van der Waals surface area contributed by atoms with Crippen molar-refractivity contribution in [3.63, 3.8) is 0 Å². The molecule has 0 saturated carbocycles. The number of phenolic OH excluding ortho intramolecular Hbond substituents is 1. The molecule has 1 amide bonds. The Morgan fingerprint density at radius 1 is 1.07 bits per heavy atom. The van der Waals surface area contributed by atoms with Crippen molar-refractivity contribution < 1.29 is 9.90 Å². The molecule has 2 rings (SSSR count). The van der Waals surface area contributed by atoms with Gasteiger partial charge in [-0.3, -0.25) is 14.4 Å². The van der Waals surface area contributed by atoms with Crippen LogP contribution in [0.2, 0.25) is 0 Å². The molecule has 0 saturated heterocycles. The van der Waals surface area contributed by atoms with Gasteiger partial charge in [0.2, 0.25) is 0 Å². The van der Waals surface area contributed by atoms with Crippen molar-refractivity contribution >= 4 is 23.0 Å². The van der Waals surface area contributed by atoms with Crippen LogP contribution >= 0.6 is 0 Å². The van der Waals surface area contributed by atoms with Gasteiger partial charge in [-0.15, -0.1) is 0 Å². The number of para-hydroxylation sites is 1. The fourth-order valence-electron chi connectivity index (χ4n) is 2.69. The van der Waals surface area contributed by atoms with Crippen LogP contribution in [0.3, 0.4) is 0 Å². The average molecular weight is 418 g/mol. The number of rotatable bonds is 5. The van der Waals surface area contributed by atoms with Gasteiger partial charge in [0.15, 0.2) is 5.75 Å². The monoisotopic (exact) mass is 417 g/mol. The number of anilines is 3. The van der Waals surface area contributed by atoms with Gasteiger partial charge < -0.3 is 20.6 Å². The average Bonchev–Trinajstić information content (AvgIpc) is 2.66. The SMILES string of the molecule is CC(Nc1c(Nc2cccc(C(=O)N(C)C)c2O)c(=O)n(C)n(C)c1=O)C(C)(C)C. The Hall–Kier alpha value is -3.23. The van der Waals surface area contributed by atoms with Crippen molar-refractivity contribution in [3.8, 4) is 5.75 Å². The predicted molar refractivity (Wildman–Crippen MR) is 119 cm³/mol. The van der Waals surface area contributed by atoms with E-state index in [1.807, 2.05) is 27.7 Å². The zero-order valence-electron chi connectivity index (χ0n) is 18.8. The van der Waals surface area contributed by atoms with Gasteiger partial charge in [-0.05, 0) is 24.5 Å². The summed E-state index contributed by atoms with van der Waals surface area (Å²) in [6.07, 6.45) is 0. The number of carbonyl (C=O) groups excluding carboxylic acids is 1. The molecule has 30 heavy (non-hydrogen) atoms. The van der Waals surface area contributed by atoms with Crippen molar-refractivity contribution in [2.75, 3.05) is 24.7 Å². The van der Waals surface area contributed by atoms with Crippen LogP contribution in [0.4, 0.5) is 17.1 Å². The minimum atomic E-state index is -0.454. The molecule has 9 heteroatoms. The highest BCUT2D eigenvalue weighted by molar-refractivity contribution is 5.98. The summed E-state index contributed by atoms with van der Waals surface area (Å²) in [6.45, 7) is 7.98. The smallest absolute Gasteiger partial charge is 0.290 e. The Morgan fingerprint density at radius 2 is 1.60 bits per heavy atom. The van der Waals surface area contributed by atoms with Gasteiger partial charge in [-0.2, -0.15) is 0 Å². The topological polar surface area (TPSA) is 109 Å². The largest absolute Gasteiger partial charge is 0.505 e. The molecule has 0 aliphatic carbocycles. The van der Waals surface area contributed by atoms with Gasteiger partial charge in [-0.1, -0.05) is 26.8 Å². The molecular weight excluding hydrogens is 386 g/mol. The highest BCUT2D eigenvalue weighted by atomic mass is 16.3. The summed E-state index contributed by atoms with van der Waals surface area (Å²) in [6, 6.07) is 4.49. The Bertz CT molecular complexity index is 1080. The molecule has 164 valence electrons. The number of aromatic hydroxyl groups is 1. The Kier molecular flexibility index (Phi) is 6.34. The maximum atomic E-state index is 13.0. The highest BCUT2D eigenvalue weighted by Crippen LogP contribution is 2.32. The van der Waals surface area contributed by atoms with Crippen LogP contribution in [0, 0.1) is 5.41 Å². The van der Waals surface area contributed by atoms with Crippen LogP contribution in [0.1, 0.15) is 38.1 Å². The number of amides is 1. The molecule has 0 bridgehead atoms. The molecular formula is C21H31N5O4. The zero-order chi connectivity index (χ0) is 23.0. The fourth-order valence-corrected chi connectivity index (χ4v) is 2.69. The van der Waals surface area contributed by atoms with Gasteiger partial charge in [0.05, 0.1) is 11.3 Å². The van der Waals surface area contributed by atoms with Gasteiger partial charge in [0.25, 0.3) is 17.0 Å². The maximum Gasteiger partial charge on any atom is 0.290 e. The first-order valence-corrected chi connectivity index (χ1v) is 9.64. The van der Waals surface area contributed by atoms with E-state index in [1.165, 1.54) is 40.5 Å². The van der Waals surface area contributed by atoms with E-state index in [-0.39, 0.29) is 45.7 Å². The molecule has 1 aromatic carbocycles. The van der Waals surface area contributed by atoms with Crippen molar-refractivity contribution in [1.82, 2.24) is 14.3 Å². The quantitative estimate of drug-likeness (QED) is 0.643. The Balaban J connectivity index is 2.66. The van der Waals surface area contributed by atoms with Gasteiger partial charge >= 0.3 is 0 Å². The second-order valence-corrected chi connectivity index (χ2v) is 8.67. The van der Waals surface area contributed by atoms with Gasteiger partial charge in [-0.25, -0.2) is 9.36 Å². The van der Waals surface area contributed by atoms with E-state index in [9.17, 15) is 19.5 Å². The summed E-state index contributed by atoms with van der Waals surface area (Å²) in [5.41, 5.74) is -0.681. The maximum absolute atomic E-state index is 13.0. The van der Waals surface area contributed by atoms with Crippen LogP contribution in [-0.4, -0.2) is 45.4 Å². The number of phenols is 1. The first-order valence-electron chi connectivity index (χ1n) is 9.64. The van der Waals surface area contributed by atoms with Crippen LogP contribution < -0.4 is 21.8 Å². The molecule has 1 heterocycles. The lowest BCUT2D eigenvalue weighted by molar-refractivity contribution is 0.0824. The lowest BCUT2D eigenvalue weighted by Gasteiger charge is -2.30. The van der Waals surface area contributed by atoms with Crippen LogP contribution in [0.5, 0.6) is 5.75 Å². The second kappa shape index (κ2) is 8.25. The number of nitrogens with zero attached hydrogens (tertiary/aromatic N) is 3. The van der Waals surface area contributed by atoms with Crippen molar-refractivity contribution in [3.05, 3.63) is 44.5 Å². The number of hydrogen-bond acceptors (Lipinski definition) is 6. The molecule has 3 N–H and O–H groups in total. The number of nitrogens with one attached hydrogen (secondary N) is 2. The lowest BCUT2D eigenvalue weighted by atomic mass is 9.88. The standard InChI is InChI=1S/C21H31N5O4/c1-12(21(2,3)4)22-15-16(20(30)26(8)25(7)19(15)29)23-14-11-9-10-13(17(14)27)18(28)24(5)6/h9-12,22-23,27H,1-8H3. The summed E-state index contributed by atoms with van der Waals surface area (Å²) < 4.78 is 2.40.